The van der Waals surface area contributed by atoms with E-state index in [1.807, 2.05) is 26.1 Å². The van der Waals surface area contributed by atoms with E-state index in [1.54, 1.807) is 6.07 Å². The Morgan fingerprint density at radius 1 is 1.37 bits per heavy atom. The number of amides is 1. The van der Waals surface area contributed by atoms with E-state index < -0.39 is 0 Å². The zero-order chi connectivity index (χ0) is 13.8. The number of hydrogen-bond donors (Lipinski definition) is 2. The van der Waals surface area contributed by atoms with Crippen molar-refractivity contribution in [3.8, 4) is 0 Å². The molecule has 1 heterocycles. The van der Waals surface area contributed by atoms with Gasteiger partial charge in [0.05, 0.1) is 5.02 Å². The molecule has 0 bridgehead atoms. The fourth-order valence-electron chi connectivity index (χ4n) is 1.97. The quantitative estimate of drug-likeness (QED) is 0.828. The Labute approximate surface area is 117 Å². The number of fused-ring (bicyclic) bond motifs is 1. The summed E-state index contributed by atoms with van der Waals surface area (Å²) >= 11 is 6.06. The molecule has 2 N–H and O–H groups in total. The lowest BCUT2D eigenvalue weighted by molar-refractivity contribution is 0.0927. The Morgan fingerprint density at radius 3 is 2.84 bits per heavy atom. The summed E-state index contributed by atoms with van der Waals surface area (Å²) in [6.45, 7) is 3.35. The minimum absolute atomic E-state index is 0.194. The van der Waals surface area contributed by atoms with Crippen LogP contribution in [0.4, 0.5) is 0 Å². The highest BCUT2D eigenvalue weighted by molar-refractivity contribution is 6.35. The first-order chi connectivity index (χ1) is 9.15. The van der Waals surface area contributed by atoms with E-state index in [2.05, 4.69) is 10.6 Å². The molecule has 0 spiro atoms. The van der Waals surface area contributed by atoms with Crippen molar-refractivity contribution in [1.82, 2.24) is 10.6 Å². The fraction of sp³-hybridized carbons (Fsp3) is 0.357. The topological polar surface area (TPSA) is 54.3 Å². The molecule has 0 aliphatic rings. The number of halogens is 1. The van der Waals surface area contributed by atoms with Crippen molar-refractivity contribution in [3.05, 3.63) is 34.5 Å². The second-order valence-corrected chi connectivity index (χ2v) is 4.79. The van der Waals surface area contributed by atoms with Crippen molar-refractivity contribution < 1.29 is 9.21 Å². The van der Waals surface area contributed by atoms with Gasteiger partial charge in [-0.25, -0.2) is 0 Å². The largest absolute Gasteiger partial charge is 0.449 e. The molecule has 0 fully saturated rings. The molecule has 4 nitrogen and oxygen atoms in total. The smallest absolute Gasteiger partial charge is 0.287 e. The first-order valence-corrected chi connectivity index (χ1v) is 6.63. The van der Waals surface area contributed by atoms with E-state index in [0.717, 1.165) is 23.9 Å². The van der Waals surface area contributed by atoms with Crippen molar-refractivity contribution in [3.63, 3.8) is 0 Å². The summed E-state index contributed by atoms with van der Waals surface area (Å²) in [7, 11) is 1.88. The van der Waals surface area contributed by atoms with Crippen molar-refractivity contribution in [2.24, 2.45) is 0 Å². The standard InChI is InChI=1S/C14H17ClN2O2/c1-9-10-5-3-6-11(15)13(10)19-12(9)14(18)17-8-4-7-16-2/h3,5-6,16H,4,7-8H2,1-2H3,(H,17,18). The molecule has 0 aliphatic carbocycles. The molecule has 1 amide bonds. The van der Waals surface area contributed by atoms with Crippen molar-refractivity contribution in [1.29, 1.82) is 0 Å². The van der Waals surface area contributed by atoms with Crippen molar-refractivity contribution >= 4 is 28.5 Å². The van der Waals surface area contributed by atoms with Gasteiger partial charge in [0, 0.05) is 17.5 Å². The Hall–Kier alpha value is -1.52. The van der Waals surface area contributed by atoms with Gasteiger partial charge in [0.1, 0.15) is 0 Å². The zero-order valence-corrected chi connectivity index (χ0v) is 11.8. The molecule has 0 saturated carbocycles. The second kappa shape index (κ2) is 6.08. The molecule has 2 rings (SSSR count). The lowest BCUT2D eigenvalue weighted by Gasteiger charge is -2.03. The molecule has 0 unspecified atom stereocenters. The van der Waals surface area contributed by atoms with Gasteiger partial charge in [-0.15, -0.1) is 0 Å². The highest BCUT2D eigenvalue weighted by Crippen LogP contribution is 2.30. The van der Waals surface area contributed by atoms with Crippen LogP contribution in [0.1, 0.15) is 22.5 Å². The van der Waals surface area contributed by atoms with E-state index in [1.165, 1.54) is 0 Å². The lowest BCUT2D eigenvalue weighted by atomic mass is 10.1. The van der Waals surface area contributed by atoms with Crippen LogP contribution in [0.25, 0.3) is 11.0 Å². The van der Waals surface area contributed by atoms with Gasteiger partial charge < -0.3 is 15.1 Å². The second-order valence-electron chi connectivity index (χ2n) is 4.39. The van der Waals surface area contributed by atoms with Gasteiger partial charge in [-0.05, 0) is 33.0 Å². The molecule has 0 radical (unpaired) electrons. The van der Waals surface area contributed by atoms with E-state index in [0.29, 0.717) is 22.9 Å². The summed E-state index contributed by atoms with van der Waals surface area (Å²) in [6.07, 6.45) is 0.877. The monoisotopic (exact) mass is 280 g/mol. The van der Waals surface area contributed by atoms with Gasteiger partial charge in [0.2, 0.25) is 0 Å². The van der Waals surface area contributed by atoms with Crippen LogP contribution >= 0.6 is 11.6 Å². The van der Waals surface area contributed by atoms with Gasteiger partial charge in [-0.3, -0.25) is 4.79 Å². The summed E-state index contributed by atoms with van der Waals surface area (Å²) in [6, 6.07) is 5.50. The third kappa shape index (κ3) is 2.91. The summed E-state index contributed by atoms with van der Waals surface area (Å²) < 4.78 is 5.59. The number of benzene rings is 1. The predicted molar refractivity (Wildman–Crippen MR) is 76.8 cm³/mol. The van der Waals surface area contributed by atoms with Gasteiger partial charge >= 0.3 is 0 Å². The average Bonchev–Trinajstić information content (AvgIpc) is 2.74. The molecule has 0 saturated heterocycles. The summed E-state index contributed by atoms with van der Waals surface area (Å²) in [4.78, 5) is 12.0. The summed E-state index contributed by atoms with van der Waals surface area (Å²) in [5.74, 6) is 0.147. The average molecular weight is 281 g/mol. The SMILES string of the molecule is CNCCCNC(=O)c1oc2c(Cl)cccc2c1C. The van der Waals surface area contributed by atoms with E-state index in [-0.39, 0.29) is 5.91 Å². The summed E-state index contributed by atoms with van der Waals surface area (Å²) in [5, 5.41) is 7.27. The van der Waals surface area contributed by atoms with Crippen LogP contribution in [-0.4, -0.2) is 26.0 Å². The van der Waals surface area contributed by atoms with E-state index in [9.17, 15) is 4.79 Å². The molecule has 5 heteroatoms. The minimum Gasteiger partial charge on any atom is -0.449 e. The van der Waals surface area contributed by atoms with E-state index >= 15 is 0 Å². The van der Waals surface area contributed by atoms with Gasteiger partial charge in [-0.2, -0.15) is 0 Å². The van der Waals surface area contributed by atoms with E-state index in [4.69, 9.17) is 16.0 Å². The Morgan fingerprint density at radius 2 is 2.16 bits per heavy atom. The summed E-state index contributed by atoms with van der Waals surface area (Å²) in [5.41, 5.74) is 1.39. The Bertz CT molecular complexity index is 592. The molecule has 0 atom stereocenters. The predicted octanol–water partition coefficient (Wildman–Crippen LogP) is 2.73. The van der Waals surface area contributed by atoms with Crippen LogP contribution in [0.15, 0.2) is 22.6 Å². The van der Waals surface area contributed by atoms with Crippen LogP contribution in [0.3, 0.4) is 0 Å². The number of aryl methyl sites for hydroxylation is 1. The lowest BCUT2D eigenvalue weighted by Crippen LogP contribution is -2.26. The molecule has 1 aromatic heterocycles. The van der Waals surface area contributed by atoms with Gasteiger partial charge in [0.15, 0.2) is 11.3 Å². The van der Waals surface area contributed by atoms with Crippen LogP contribution in [0, 0.1) is 6.92 Å². The number of para-hydroxylation sites is 1. The van der Waals surface area contributed by atoms with Crippen LogP contribution in [0.2, 0.25) is 5.02 Å². The van der Waals surface area contributed by atoms with Crippen LogP contribution in [0.5, 0.6) is 0 Å². The maximum absolute atomic E-state index is 12.0. The molecular formula is C14H17ClN2O2. The molecular weight excluding hydrogens is 264 g/mol. The molecule has 2 aromatic rings. The maximum Gasteiger partial charge on any atom is 0.287 e. The normalized spacial score (nSPS) is 10.9. The number of rotatable bonds is 5. The fourth-order valence-corrected chi connectivity index (χ4v) is 2.19. The minimum atomic E-state index is -0.194. The third-order valence-electron chi connectivity index (χ3n) is 3.01. The highest BCUT2D eigenvalue weighted by Gasteiger charge is 2.18. The zero-order valence-electron chi connectivity index (χ0n) is 11.0. The highest BCUT2D eigenvalue weighted by atomic mass is 35.5. The van der Waals surface area contributed by atoms with Crippen LogP contribution < -0.4 is 10.6 Å². The maximum atomic E-state index is 12.0. The Balaban J connectivity index is 2.18. The molecule has 19 heavy (non-hydrogen) atoms. The van der Waals surface area contributed by atoms with Gasteiger partial charge in [0.25, 0.3) is 5.91 Å². The molecule has 102 valence electrons. The number of furan rings is 1. The van der Waals surface area contributed by atoms with Crippen molar-refractivity contribution in [2.45, 2.75) is 13.3 Å². The number of carbonyl (C=O) groups excluding carboxylic acids is 1. The molecule has 0 aliphatic heterocycles. The first-order valence-electron chi connectivity index (χ1n) is 6.25. The number of nitrogens with one attached hydrogen (secondary N) is 2. The van der Waals surface area contributed by atoms with Crippen LogP contribution in [-0.2, 0) is 0 Å². The number of hydrogen-bond acceptors (Lipinski definition) is 3. The number of carbonyl (C=O) groups is 1. The third-order valence-corrected chi connectivity index (χ3v) is 3.31. The molecule has 1 aromatic carbocycles. The van der Waals surface area contributed by atoms with Gasteiger partial charge in [-0.1, -0.05) is 23.7 Å². The first kappa shape index (κ1) is 13.9. The Kier molecular flexibility index (Phi) is 4.45. The van der Waals surface area contributed by atoms with Crippen molar-refractivity contribution in [2.75, 3.05) is 20.1 Å².